The van der Waals surface area contributed by atoms with Crippen molar-refractivity contribution in [2.24, 2.45) is 0 Å². The Morgan fingerprint density at radius 3 is 2.50 bits per heavy atom. The van der Waals surface area contributed by atoms with Crippen LogP contribution in [0.1, 0.15) is 44.4 Å². The number of methoxy groups -OCH3 is 1. The minimum Gasteiger partial charge on any atom is -0.508 e. The molecule has 196 valence electrons. The van der Waals surface area contributed by atoms with E-state index in [2.05, 4.69) is 0 Å². The molecular formula is C28H25NO9. The lowest BCUT2D eigenvalue weighted by Crippen LogP contribution is -2.32. The number of rotatable bonds is 7. The van der Waals surface area contributed by atoms with Crippen molar-refractivity contribution in [2.45, 2.75) is 12.3 Å². The third kappa shape index (κ3) is 4.85. The maximum atomic E-state index is 13.1. The van der Waals surface area contributed by atoms with Gasteiger partial charge in [0.1, 0.15) is 23.0 Å². The zero-order chi connectivity index (χ0) is 26.8. The number of furan rings is 1. The van der Waals surface area contributed by atoms with E-state index in [9.17, 15) is 19.5 Å². The summed E-state index contributed by atoms with van der Waals surface area (Å²) in [6.07, 6.45) is 1.46. The molecule has 0 spiro atoms. The van der Waals surface area contributed by atoms with Gasteiger partial charge in [0.05, 0.1) is 43.8 Å². The molecule has 10 heteroatoms. The molecule has 1 fully saturated rings. The van der Waals surface area contributed by atoms with Crippen LogP contribution < -0.4 is 4.74 Å². The number of ether oxygens (including phenoxy) is 3. The number of fused-ring (bicyclic) bond motifs is 1. The van der Waals surface area contributed by atoms with Gasteiger partial charge in [-0.25, -0.2) is 4.79 Å². The Bertz CT molecular complexity index is 1410. The molecular weight excluding hydrogens is 494 g/mol. The van der Waals surface area contributed by atoms with Crippen LogP contribution in [0.4, 0.5) is 0 Å². The number of phenols is 1. The Morgan fingerprint density at radius 2 is 1.82 bits per heavy atom. The largest absolute Gasteiger partial charge is 0.508 e. The van der Waals surface area contributed by atoms with Gasteiger partial charge >= 0.3 is 11.9 Å². The van der Waals surface area contributed by atoms with Crippen LogP contribution in [0.2, 0.25) is 0 Å². The molecule has 1 unspecified atom stereocenters. The fraction of sp³-hybridized carbons (Fsp3) is 0.250. The van der Waals surface area contributed by atoms with E-state index in [1.54, 1.807) is 30.5 Å². The smallest absolute Gasteiger partial charge is 0.335 e. The van der Waals surface area contributed by atoms with Crippen LogP contribution in [0.3, 0.4) is 0 Å². The molecule has 2 aromatic carbocycles. The Morgan fingerprint density at radius 1 is 1.08 bits per heavy atom. The number of esters is 1. The average Bonchev–Trinajstić information content (AvgIpc) is 3.53. The highest BCUT2D eigenvalue weighted by atomic mass is 16.5. The van der Waals surface area contributed by atoms with Gasteiger partial charge in [0.25, 0.3) is 0 Å². The third-order valence-electron chi connectivity index (χ3n) is 6.53. The van der Waals surface area contributed by atoms with Crippen LogP contribution in [-0.2, 0) is 14.3 Å². The maximum Gasteiger partial charge on any atom is 0.335 e. The monoisotopic (exact) mass is 519 g/mol. The van der Waals surface area contributed by atoms with Gasteiger partial charge in [0.15, 0.2) is 5.76 Å². The summed E-state index contributed by atoms with van der Waals surface area (Å²) in [4.78, 5) is 38.7. The molecule has 0 bridgehead atoms. The molecule has 10 nitrogen and oxygen atoms in total. The van der Waals surface area contributed by atoms with Crippen LogP contribution in [0.5, 0.6) is 11.5 Å². The number of phenolic OH excluding ortho intramolecular Hbond substituents is 1. The lowest BCUT2D eigenvalue weighted by molar-refractivity contribution is -0.140. The Labute approximate surface area is 217 Å². The number of allylic oxidation sites excluding steroid dienone is 1. The SMILES string of the molecule is COC(=O)CC(c1ccc(-c2ccc(C(=O)O)cc2)o1)c1c(O)ccc2c1OC(=CN1CCOCC1)C2=O. The summed E-state index contributed by atoms with van der Waals surface area (Å²) in [6, 6.07) is 12.4. The number of morpholine rings is 1. The summed E-state index contributed by atoms with van der Waals surface area (Å²) in [5, 5.41) is 20.1. The van der Waals surface area contributed by atoms with E-state index in [0.29, 0.717) is 43.4 Å². The first kappa shape index (κ1) is 25.1. The molecule has 1 aromatic heterocycles. The minimum atomic E-state index is -1.04. The zero-order valence-electron chi connectivity index (χ0n) is 20.5. The standard InChI is InChI=1S/C28H25NO9/c1-35-24(31)14-19(22-9-8-21(37-22)16-2-4-17(5-3-16)28(33)34)25-20(30)7-6-18-26(32)23(38-27(18)25)15-29-10-12-36-13-11-29/h2-9,15,19,30H,10-14H2,1H3,(H,33,34). The molecule has 1 saturated heterocycles. The predicted octanol–water partition coefficient (Wildman–Crippen LogP) is 3.79. The van der Waals surface area contributed by atoms with E-state index in [1.165, 1.54) is 31.4 Å². The van der Waals surface area contributed by atoms with Crippen molar-refractivity contribution < 1.29 is 43.2 Å². The number of ketones is 1. The topological polar surface area (TPSA) is 136 Å². The predicted molar refractivity (Wildman–Crippen MR) is 133 cm³/mol. The van der Waals surface area contributed by atoms with E-state index < -0.39 is 17.9 Å². The van der Waals surface area contributed by atoms with Crippen molar-refractivity contribution in [3.8, 4) is 22.8 Å². The number of benzene rings is 2. The number of carboxylic acids is 1. The van der Waals surface area contributed by atoms with Crippen molar-refractivity contribution in [1.82, 2.24) is 4.90 Å². The summed E-state index contributed by atoms with van der Waals surface area (Å²) in [5.74, 6) is -1.88. The molecule has 0 radical (unpaired) electrons. The molecule has 0 amide bonds. The highest BCUT2D eigenvalue weighted by Crippen LogP contribution is 2.47. The van der Waals surface area contributed by atoms with Gasteiger partial charge in [-0.1, -0.05) is 12.1 Å². The highest BCUT2D eigenvalue weighted by molar-refractivity contribution is 6.12. The van der Waals surface area contributed by atoms with E-state index in [1.807, 2.05) is 4.90 Å². The molecule has 5 rings (SSSR count). The fourth-order valence-electron chi connectivity index (χ4n) is 4.53. The first-order chi connectivity index (χ1) is 18.4. The van der Waals surface area contributed by atoms with Gasteiger partial charge in [0, 0.05) is 30.4 Å². The molecule has 1 atom stereocenters. The Hall–Kier alpha value is -4.57. The van der Waals surface area contributed by atoms with E-state index >= 15 is 0 Å². The quantitative estimate of drug-likeness (QED) is 0.350. The number of Topliss-reactive ketones (excluding diaryl/α,β-unsaturated/α-hetero) is 1. The maximum absolute atomic E-state index is 13.1. The summed E-state index contributed by atoms with van der Waals surface area (Å²) in [7, 11) is 1.26. The van der Waals surface area contributed by atoms with Crippen molar-refractivity contribution >= 4 is 17.7 Å². The van der Waals surface area contributed by atoms with Gasteiger partial charge in [-0.2, -0.15) is 0 Å². The van der Waals surface area contributed by atoms with Gasteiger partial charge in [-0.15, -0.1) is 0 Å². The Kier molecular flexibility index (Phi) is 6.89. The lowest BCUT2D eigenvalue weighted by atomic mass is 9.90. The van der Waals surface area contributed by atoms with Gasteiger partial charge in [-0.3, -0.25) is 9.59 Å². The second kappa shape index (κ2) is 10.4. The van der Waals surface area contributed by atoms with Crippen LogP contribution in [0.15, 0.2) is 64.9 Å². The number of aromatic hydroxyl groups is 1. The first-order valence-corrected chi connectivity index (χ1v) is 12.0. The number of carboxylic acid groups (broad SMARTS) is 1. The summed E-state index contributed by atoms with van der Waals surface area (Å²) < 4.78 is 22.3. The number of hydrogen-bond acceptors (Lipinski definition) is 9. The highest BCUT2D eigenvalue weighted by Gasteiger charge is 2.37. The molecule has 2 aliphatic rings. The van der Waals surface area contributed by atoms with Crippen LogP contribution >= 0.6 is 0 Å². The molecule has 3 aromatic rings. The number of carbonyl (C=O) groups is 3. The number of hydrogen-bond donors (Lipinski definition) is 2. The van der Waals surface area contributed by atoms with Crippen molar-refractivity contribution in [2.75, 3.05) is 33.4 Å². The first-order valence-electron chi connectivity index (χ1n) is 12.0. The van der Waals surface area contributed by atoms with Crippen LogP contribution in [0.25, 0.3) is 11.3 Å². The van der Waals surface area contributed by atoms with Crippen LogP contribution in [-0.4, -0.2) is 66.2 Å². The van der Waals surface area contributed by atoms with E-state index in [4.69, 9.17) is 23.7 Å². The van der Waals surface area contributed by atoms with Crippen molar-refractivity contribution in [3.05, 3.63) is 82.9 Å². The molecule has 2 aliphatic heterocycles. The molecule has 38 heavy (non-hydrogen) atoms. The fourth-order valence-corrected chi connectivity index (χ4v) is 4.53. The average molecular weight is 520 g/mol. The number of carbonyl (C=O) groups excluding carboxylic acids is 2. The molecule has 0 saturated carbocycles. The number of nitrogens with zero attached hydrogens (tertiary/aromatic N) is 1. The van der Waals surface area contributed by atoms with Crippen molar-refractivity contribution in [3.63, 3.8) is 0 Å². The summed E-state index contributed by atoms with van der Waals surface area (Å²) in [6.45, 7) is 2.31. The van der Waals surface area contributed by atoms with E-state index in [-0.39, 0.29) is 46.2 Å². The number of aromatic carboxylic acids is 1. The summed E-state index contributed by atoms with van der Waals surface area (Å²) >= 11 is 0. The normalized spacial score (nSPS) is 16.7. The lowest BCUT2D eigenvalue weighted by Gasteiger charge is -2.25. The second-order valence-corrected chi connectivity index (χ2v) is 8.87. The summed E-state index contributed by atoms with van der Waals surface area (Å²) in [5.41, 5.74) is 1.26. The Balaban J connectivity index is 1.53. The molecule has 3 heterocycles. The molecule has 0 aliphatic carbocycles. The van der Waals surface area contributed by atoms with Gasteiger partial charge in [-0.05, 0) is 36.4 Å². The van der Waals surface area contributed by atoms with E-state index in [0.717, 1.165) is 0 Å². The second-order valence-electron chi connectivity index (χ2n) is 8.87. The minimum absolute atomic E-state index is 0.115. The van der Waals surface area contributed by atoms with Crippen molar-refractivity contribution in [1.29, 1.82) is 0 Å². The van der Waals surface area contributed by atoms with Crippen LogP contribution in [0, 0.1) is 0 Å². The molecule has 2 N–H and O–H groups in total. The third-order valence-corrected chi connectivity index (χ3v) is 6.53. The zero-order valence-corrected chi connectivity index (χ0v) is 20.5. The van der Waals surface area contributed by atoms with Gasteiger partial charge in [0.2, 0.25) is 5.78 Å². The van der Waals surface area contributed by atoms with Gasteiger partial charge < -0.3 is 33.7 Å².